The molecule has 0 aliphatic heterocycles. The summed E-state index contributed by atoms with van der Waals surface area (Å²) in [6.07, 6.45) is 1.83. The van der Waals surface area contributed by atoms with Gasteiger partial charge in [0.1, 0.15) is 0 Å². The molecular weight excluding hydrogens is 250 g/mol. The summed E-state index contributed by atoms with van der Waals surface area (Å²) in [7, 11) is 1.72. The first kappa shape index (κ1) is 12.7. The smallest absolute Gasteiger partial charge is 0.0716 e. The highest BCUT2D eigenvalue weighted by Crippen LogP contribution is 2.18. The van der Waals surface area contributed by atoms with Gasteiger partial charge in [0.2, 0.25) is 0 Å². The number of methoxy groups -OCH3 is 1. The molecule has 0 spiro atoms. The molecule has 0 radical (unpaired) electrons. The molecule has 2 aromatic carbocycles. The second-order valence-electron chi connectivity index (χ2n) is 4.73. The van der Waals surface area contributed by atoms with Crippen molar-refractivity contribution in [1.82, 2.24) is 10.2 Å². The number of H-pyrrole nitrogens is 1. The average molecular weight is 267 g/mol. The molecule has 0 fully saturated rings. The van der Waals surface area contributed by atoms with Crippen LogP contribution in [0.1, 0.15) is 11.1 Å². The highest BCUT2D eigenvalue weighted by molar-refractivity contribution is 5.81. The number of nitrogens with one attached hydrogen (secondary N) is 2. The van der Waals surface area contributed by atoms with Gasteiger partial charge in [0.25, 0.3) is 0 Å². The lowest BCUT2D eigenvalue weighted by atomic mass is 10.1. The van der Waals surface area contributed by atoms with Gasteiger partial charge >= 0.3 is 0 Å². The van der Waals surface area contributed by atoms with E-state index in [-0.39, 0.29) is 0 Å². The zero-order chi connectivity index (χ0) is 13.8. The minimum absolute atomic E-state index is 0.638. The summed E-state index contributed by atoms with van der Waals surface area (Å²) >= 11 is 0. The first-order valence-electron chi connectivity index (χ1n) is 6.59. The van der Waals surface area contributed by atoms with E-state index in [9.17, 15) is 0 Å². The molecule has 3 aromatic rings. The van der Waals surface area contributed by atoms with Crippen LogP contribution in [0.15, 0.2) is 48.7 Å². The van der Waals surface area contributed by atoms with Crippen molar-refractivity contribution in [3.8, 4) is 0 Å². The molecule has 0 unspecified atom stereocenters. The summed E-state index contributed by atoms with van der Waals surface area (Å²) in [6, 6.07) is 14.5. The number of anilines is 1. The molecule has 2 N–H and O–H groups in total. The van der Waals surface area contributed by atoms with Gasteiger partial charge in [-0.1, -0.05) is 24.3 Å². The van der Waals surface area contributed by atoms with Crippen LogP contribution in [0.3, 0.4) is 0 Å². The third-order valence-corrected chi connectivity index (χ3v) is 3.34. The Labute approximate surface area is 117 Å². The molecule has 4 nitrogen and oxygen atoms in total. The van der Waals surface area contributed by atoms with Crippen molar-refractivity contribution < 1.29 is 4.74 Å². The summed E-state index contributed by atoms with van der Waals surface area (Å²) < 4.78 is 5.23. The second-order valence-corrected chi connectivity index (χ2v) is 4.73. The fourth-order valence-corrected chi connectivity index (χ4v) is 2.28. The Kier molecular flexibility index (Phi) is 3.65. The molecule has 1 aromatic heterocycles. The van der Waals surface area contributed by atoms with Gasteiger partial charge in [0, 0.05) is 24.7 Å². The van der Waals surface area contributed by atoms with E-state index in [1.165, 1.54) is 11.1 Å². The third-order valence-electron chi connectivity index (χ3n) is 3.34. The largest absolute Gasteiger partial charge is 0.381 e. The molecule has 4 heteroatoms. The van der Waals surface area contributed by atoms with Crippen LogP contribution < -0.4 is 5.32 Å². The monoisotopic (exact) mass is 267 g/mol. The maximum Gasteiger partial charge on any atom is 0.0716 e. The van der Waals surface area contributed by atoms with Crippen LogP contribution in [-0.2, 0) is 17.9 Å². The van der Waals surface area contributed by atoms with Gasteiger partial charge in [-0.2, -0.15) is 5.10 Å². The number of hydrogen-bond donors (Lipinski definition) is 2. The summed E-state index contributed by atoms with van der Waals surface area (Å²) in [6.45, 7) is 1.42. The van der Waals surface area contributed by atoms with Crippen molar-refractivity contribution in [2.24, 2.45) is 0 Å². The van der Waals surface area contributed by atoms with Gasteiger partial charge in [0.15, 0.2) is 0 Å². The Hall–Kier alpha value is -2.33. The molecule has 0 amide bonds. The van der Waals surface area contributed by atoms with Crippen LogP contribution in [-0.4, -0.2) is 17.3 Å². The molecule has 0 aliphatic carbocycles. The summed E-state index contributed by atoms with van der Waals surface area (Å²) in [4.78, 5) is 0. The Morgan fingerprint density at radius 1 is 1.15 bits per heavy atom. The van der Waals surface area contributed by atoms with Crippen LogP contribution in [0, 0.1) is 0 Å². The molecule has 3 rings (SSSR count). The van der Waals surface area contributed by atoms with Crippen molar-refractivity contribution in [3.05, 3.63) is 59.8 Å². The second kappa shape index (κ2) is 5.75. The van der Waals surface area contributed by atoms with E-state index in [0.717, 1.165) is 23.1 Å². The van der Waals surface area contributed by atoms with Gasteiger partial charge < -0.3 is 10.1 Å². The minimum Gasteiger partial charge on any atom is -0.381 e. The molecule has 20 heavy (non-hydrogen) atoms. The fraction of sp³-hybridized carbons (Fsp3) is 0.188. The lowest BCUT2D eigenvalue weighted by Crippen LogP contribution is -2.03. The normalized spacial score (nSPS) is 10.8. The number of aromatic nitrogens is 2. The number of rotatable bonds is 5. The van der Waals surface area contributed by atoms with Crippen molar-refractivity contribution in [3.63, 3.8) is 0 Å². The van der Waals surface area contributed by atoms with Gasteiger partial charge in [-0.15, -0.1) is 0 Å². The van der Waals surface area contributed by atoms with Crippen LogP contribution >= 0.6 is 0 Å². The molecule has 0 bridgehead atoms. The average Bonchev–Trinajstić information content (AvgIpc) is 2.94. The van der Waals surface area contributed by atoms with E-state index in [1.54, 1.807) is 7.11 Å². The lowest BCUT2D eigenvalue weighted by Gasteiger charge is -2.11. The number of ether oxygens (including phenoxy) is 1. The number of fused-ring (bicyclic) bond motifs is 1. The predicted octanol–water partition coefficient (Wildman–Crippen LogP) is 3.32. The van der Waals surface area contributed by atoms with E-state index in [2.05, 4.69) is 45.8 Å². The molecule has 0 atom stereocenters. The summed E-state index contributed by atoms with van der Waals surface area (Å²) in [5.74, 6) is 0. The molecule has 0 aliphatic rings. The van der Waals surface area contributed by atoms with E-state index in [0.29, 0.717) is 6.61 Å². The standard InChI is InChI=1S/C16H17N3O/c1-20-11-13-5-3-2-4-12(13)9-17-15-6-7-16-14(8-15)10-18-19-16/h2-8,10,17H,9,11H2,1H3,(H,18,19). The van der Waals surface area contributed by atoms with Gasteiger partial charge in [0.05, 0.1) is 18.3 Å². The number of hydrogen-bond acceptors (Lipinski definition) is 3. The highest BCUT2D eigenvalue weighted by atomic mass is 16.5. The predicted molar refractivity (Wildman–Crippen MR) is 80.6 cm³/mol. The maximum atomic E-state index is 5.23. The Balaban J connectivity index is 1.75. The van der Waals surface area contributed by atoms with E-state index < -0.39 is 0 Å². The van der Waals surface area contributed by atoms with Gasteiger partial charge in [-0.05, 0) is 29.3 Å². The zero-order valence-corrected chi connectivity index (χ0v) is 11.4. The number of aromatic amines is 1. The summed E-state index contributed by atoms with van der Waals surface area (Å²) in [5, 5.41) is 11.5. The minimum atomic E-state index is 0.638. The first-order valence-corrected chi connectivity index (χ1v) is 6.59. The number of nitrogens with zero attached hydrogens (tertiary/aromatic N) is 1. The quantitative estimate of drug-likeness (QED) is 0.745. The number of benzene rings is 2. The third kappa shape index (κ3) is 2.65. The van der Waals surface area contributed by atoms with Gasteiger partial charge in [-0.25, -0.2) is 0 Å². The molecule has 0 saturated carbocycles. The summed E-state index contributed by atoms with van der Waals surface area (Å²) in [5.41, 5.74) is 4.61. The maximum absolute atomic E-state index is 5.23. The highest BCUT2D eigenvalue weighted by Gasteiger charge is 2.02. The molecular formula is C16H17N3O. The van der Waals surface area contributed by atoms with Gasteiger partial charge in [-0.3, -0.25) is 5.10 Å². The van der Waals surface area contributed by atoms with Crippen LogP contribution in [0.25, 0.3) is 10.9 Å². The molecule has 1 heterocycles. The first-order chi connectivity index (χ1) is 9.86. The van der Waals surface area contributed by atoms with E-state index >= 15 is 0 Å². The van der Waals surface area contributed by atoms with Crippen molar-refractivity contribution in [2.75, 3.05) is 12.4 Å². The van der Waals surface area contributed by atoms with Crippen molar-refractivity contribution in [1.29, 1.82) is 0 Å². The van der Waals surface area contributed by atoms with Crippen LogP contribution in [0.4, 0.5) is 5.69 Å². The molecule has 0 saturated heterocycles. The van der Waals surface area contributed by atoms with Crippen molar-refractivity contribution in [2.45, 2.75) is 13.2 Å². The SMILES string of the molecule is COCc1ccccc1CNc1ccc2[nH]ncc2c1. The Bertz CT molecular complexity index is 706. The van der Waals surface area contributed by atoms with E-state index in [4.69, 9.17) is 4.74 Å². The van der Waals surface area contributed by atoms with Crippen molar-refractivity contribution >= 4 is 16.6 Å². The lowest BCUT2D eigenvalue weighted by molar-refractivity contribution is 0.184. The Morgan fingerprint density at radius 2 is 2.00 bits per heavy atom. The van der Waals surface area contributed by atoms with Crippen LogP contribution in [0.2, 0.25) is 0 Å². The Morgan fingerprint density at radius 3 is 2.85 bits per heavy atom. The zero-order valence-electron chi connectivity index (χ0n) is 11.4. The fourth-order valence-electron chi connectivity index (χ4n) is 2.28. The van der Waals surface area contributed by atoms with Crippen LogP contribution in [0.5, 0.6) is 0 Å². The molecule has 102 valence electrons. The topological polar surface area (TPSA) is 49.9 Å². The van der Waals surface area contributed by atoms with E-state index in [1.807, 2.05) is 18.3 Å².